The van der Waals surface area contributed by atoms with Crippen LogP contribution in [-0.4, -0.2) is 33.6 Å². The van der Waals surface area contributed by atoms with Crippen molar-refractivity contribution in [2.75, 3.05) is 17.9 Å². The van der Waals surface area contributed by atoms with Gasteiger partial charge in [-0.15, -0.1) is 10.2 Å². The zero-order chi connectivity index (χ0) is 22.0. The van der Waals surface area contributed by atoms with Crippen LogP contribution in [0.25, 0.3) is 0 Å². The number of thioether (sulfide) groups is 1. The first kappa shape index (κ1) is 21.2. The van der Waals surface area contributed by atoms with E-state index in [9.17, 15) is 4.79 Å². The number of carbonyl (C=O) groups excluding carboxylic acids is 1. The number of ether oxygens (including phenoxy) is 2. The highest BCUT2D eigenvalue weighted by Gasteiger charge is 2.29. The van der Waals surface area contributed by atoms with E-state index in [0.717, 1.165) is 17.1 Å². The molecule has 0 radical (unpaired) electrons. The van der Waals surface area contributed by atoms with Crippen LogP contribution in [0.15, 0.2) is 53.7 Å². The minimum Gasteiger partial charge on any atom is -0.497 e. The molecule has 0 bridgehead atoms. The fourth-order valence-corrected chi connectivity index (χ4v) is 4.16. The summed E-state index contributed by atoms with van der Waals surface area (Å²) < 4.78 is 13.0. The van der Waals surface area contributed by atoms with Crippen molar-refractivity contribution in [2.24, 2.45) is 0 Å². The molecule has 0 saturated heterocycles. The Hall–Kier alpha value is -3.00. The molecule has 3 aromatic rings. The van der Waals surface area contributed by atoms with Gasteiger partial charge in [0.1, 0.15) is 18.1 Å². The van der Waals surface area contributed by atoms with Crippen molar-refractivity contribution in [1.29, 1.82) is 0 Å². The standard InChI is InChI=1S/C23H26N4O3S/c1-23(2,3)17-8-10-18(11-9-17)30-14-20-24-25-22-27(20)26(21(28)15-31-22)13-16-6-5-7-19(12-16)29-4/h5-12H,13-15H2,1-4H3. The van der Waals surface area contributed by atoms with E-state index in [1.807, 2.05) is 36.4 Å². The van der Waals surface area contributed by atoms with Crippen molar-refractivity contribution in [1.82, 2.24) is 14.9 Å². The molecule has 7 nitrogen and oxygen atoms in total. The van der Waals surface area contributed by atoms with Crippen LogP contribution in [0.3, 0.4) is 0 Å². The fourth-order valence-electron chi connectivity index (χ4n) is 3.33. The summed E-state index contributed by atoms with van der Waals surface area (Å²) >= 11 is 1.38. The van der Waals surface area contributed by atoms with Crippen molar-refractivity contribution in [3.8, 4) is 11.5 Å². The summed E-state index contributed by atoms with van der Waals surface area (Å²) in [6.07, 6.45) is 0. The molecule has 4 rings (SSSR count). The van der Waals surface area contributed by atoms with Crippen LogP contribution >= 0.6 is 11.8 Å². The summed E-state index contributed by atoms with van der Waals surface area (Å²) in [5.41, 5.74) is 2.29. The minimum atomic E-state index is -0.00380. The normalized spacial score (nSPS) is 13.8. The van der Waals surface area contributed by atoms with Crippen molar-refractivity contribution < 1.29 is 14.3 Å². The molecule has 1 aromatic heterocycles. The molecule has 0 spiro atoms. The quantitative estimate of drug-likeness (QED) is 0.581. The van der Waals surface area contributed by atoms with E-state index < -0.39 is 0 Å². The largest absolute Gasteiger partial charge is 0.497 e. The van der Waals surface area contributed by atoms with Gasteiger partial charge in [-0.25, -0.2) is 9.69 Å². The summed E-state index contributed by atoms with van der Waals surface area (Å²) in [7, 11) is 1.63. The van der Waals surface area contributed by atoms with Crippen molar-refractivity contribution in [3.05, 3.63) is 65.5 Å². The van der Waals surface area contributed by atoms with Crippen LogP contribution < -0.4 is 14.5 Å². The monoisotopic (exact) mass is 438 g/mol. The third-order valence-electron chi connectivity index (χ3n) is 5.09. The average Bonchev–Trinajstić information content (AvgIpc) is 3.17. The predicted octanol–water partition coefficient (Wildman–Crippen LogP) is 3.93. The molecule has 2 heterocycles. The highest BCUT2D eigenvalue weighted by Crippen LogP contribution is 2.27. The maximum absolute atomic E-state index is 12.7. The molecule has 0 saturated carbocycles. The Kier molecular flexibility index (Phi) is 5.91. The maximum atomic E-state index is 12.7. The number of methoxy groups -OCH3 is 1. The van der Waals surface area contributed by atoms with Gasteiger partial charge in [-0.2, -0.15) is 0 Å². The van der Waals surface area contributed by atoms with E-state index >= 15 is 0 Å². The molecule has 1 amide bonds. The molecular formula is C23H26N4O3S. The Bertz CT molecular complexity index is 1070. The van der Waals surface area contributed by atoms with E-state index in [1.165, 1.54) is 17.3 Å². The Morgan fingerprint density at radius 1 is 1.06 bits per heavy atom. The van der Waals surface area contributed by atoms with Gasteiger partial charge in [0, 0.05) is 0 Å². The number of fused-ring (bicyclic) bond motifs is 1. The number of carbonyl (C=O) groups is 1. The predicted molar refractivity (Wildman–Crippen MR) is 120 cm³/mol. The molecule has 31 heavy (non-hydrogen) atoms. The summed E-state index contributed by atoms with van der Waals surface area (Å²) in [6, 6.07) is 15.7. The van der Waals surface area contributed by atoms with Gasteiger partial charge < -0.3 is 9.47 Å². The van der Waals surface area contributed by atoms with E-state index in [2.05, 4.69) is 43.1 Å². The second-order valence-electron chi connectivity index (χ2n) is 8.37. The van der Waals surface area contributed by atoms with Crippen LogP contribution in [0.4, 0.5) is 0 Å². The van der Waals surface area contributed by atoms with Crippen molar-refractivity contribution in [2.45, 2.75) is 44.5 Å². The number of amides is 1. The molecule has 0 N–H and O–H groups in total. The molecular weight excluding hydrogens is 412 g/mol. The van der Waals surface area contributed by atoms with Crippen LogP contribution in [0.5, 0.6) is 11.5 Å². The molecule has 1 aliphatic heterocycles. The van der Waals surface area contributed by atoms with Crippen molar-refractivity contribution >= 4 is 17.7 Å². The van der Waals surface area contributed by atoms with Crippen LogP contribution in [0.2, 0.25) is 0 Å². The van der Waals surface area contributed by atoms with Crippen LogP contribution in [0.1, 0.15) is 37.7 Å². The van der Waals surface area contributed by atoms with Gasteiger partial charge >= 0.3 is 0 Å². The third kappa shape index (κ3) is 4.69. The highest BCUT2D eigenvalue weighted by atomic mass is 32.2. The third-order valence-corrected chi connectivity index (χ3v) is 5.99. The van der Waals surface area contributed by atoms with Gasteiger partial charge in [-0.05, 0) is 40.8 Å². The highest BCUT2D eigenvalue weighted by molar-refractivity contribution is 7.99. The lowest BCUT2D eigenvalue weighted by molar-refractivity contribution is -0.118. The average molecular weight is 439 g/mol. The lowest BCUT2D eigenvalue weighted by atomic mass is 9.87. The summed E-state index contributed by atoms with van der Waals surface area (Å²) in [4.78, 5) is 12.7. The summed E-state index contributed by atoms with van der Waals surface area (Å²) in [5.74, 6) is 2.41. The Morgan fingerprint density at radius 2 is 1.84 bits per heavy atom. The molecule has 2 aromatic carbocycles. The lowest BCUT2D eigenvalue weighted by Gasteiger charge is -2.29. The smallest absolute Gasteiger partial charge is 0.252 e. The molecule has 0 fully saturated rings. The Balaban J connectivity index is 1.53. The molecule has 0 unspecified atom stereocenters. The maximum Gasteiger partial charge on any atom is 0.252 e. The van der Waals surface area contributed by atoms with E-state index in [1.54, 1.807) is 16.8 Å². The Morgan fingerprint density at radius 3 is 2.55 bits per heavy atom. The number of hydrogen-bond acceptors (Lipinski definition) is 6. The minimum absolute atomic E-state index is 0.00380. The first-order chi connectivity index (χ1) is 14.8. The molecule has 1 aliphatic rings. The summed E-state index contributed by atoms with van der Waals surface area (Å²) in [5, 5.41) is 10.9. The lowest BCUT2D eigenvalue weighted by Crippen LogP contribution is -2.45. The first-order valence-electron chi connectivity index (χ1n) is 10.1. The summed E-state index contributed by atoms with van der Waals surface area (Å²) in [6.45, 7) is 7.14. The van der Waals surface area contributed by atoms with Crippen LogP contribution in [-0.2, 0) is 23.4 Å². The van der Waals surface area contributed by atoms with Crippen molar-refractivity contribution in [3.63, 3.8) is 0 Å². The molecule has 0 atom stereocenters. The number of hydrogen-bond donors (Lipinski definition) is 0. The van der Waals surface area contributed by atoms with E-state index in [0.29, 0.717) is 23.3 Å². The van der Waals surface area contributed by atoms with Gasteiger partial charge in [-0.3, -0.25) is 4.79 Å². The Labute approximate surface area is 186 Å². The van der Waals surface area contributed by atoms with Gasteiger partial charge in [0.25, 0.3) is 5.91 Å². The van der Waals surface area contributed by atoms with Gasteiger partial charge in [-0.1, -0.05) is 56.8 Å². The fraction of sp³-hybridized carbons (Fsp3) is 0.348. The second-order valence-corrected chi connectivity index (χ2v) is 9.31. The van der Waals surface area contributed by atoms with Gasteiger partial charge in [0.2, 0.25) is 5.16 Å². The number of aromatic nitrogens is 3. The molecule has 162 valence electrons. The number of rotatable bonds is 6. The number of nitrogens with zero attached hydrogens (tertiary/aromatic N) is 4. The zero-order valence-corrected chi connectivity index (χ0v) is 19.0. The van der Waals surface area contributed by atoms with E-state index in [-0.39, 0.29) is 17.9 Å². The topological polar surface area (TPSA) is 69.5 Å². The second kappa shape index (κ2) is 8.63. The number of benzene rings is 2. The molecule has 0 aliphatic carbocycles. The zero-order valence-electron chi connectivity index (χ0n) is 18.2. The first-order valence-corrected chi connectivity index (χ1v) is 11.1. The van der Waals surface area contributed by atoms with E-state index in [4.69, 9.17) is 9.47 Å². The van der Waals surface area contributed by atoms with Gasteiger partial charge in [0.15, 0.2) is 5.82 Å². The SMILES string of the molecule is COc1cccc(CN2C(=O)CSc3nnc(COc4ccc(C(C)(C)C)cc4)n32)c1. The molecule has 8 heteroatoms. The van der Waals surface area contributed by atoms with Crippen LogP contribution in [0, 0.1) is 0 Å². The van der Waals surface area contributed by atoms with Gasteiger partial charge in [0.05, 0.1) is 19.4 Å².